The average molecular weight is 199 g/mol. The Morgan fingerprint density at radius 1 is 1.27 bits per heavy atom. The van der Waals surface area contributed by atoms with Crippen LogP contribution in [0.1, 0.15) is 25.0 Å². The number of nitrogens with zero attached hydrogens (tertiary/aromatic N) is 1. The van der Waals surface area contributed by atoms with Crippen LogP contribution in [0.3, 0.4) is 0 Å². The first-order chi connectivity index (χ1) is 7.17. The summed E-state index contributed by atoms with van der Waals surface area (Å²) in [5, 5.41) is 0. The molecule has 0 N–H and O–H groups in total. The molecule has 1 rings (SSSR count). The number of hydrogen-bond donors (Lipinski definition) is 0. The van der Waals surface area contributed by atoms with Crippen LogP contribution in [-0.2, 0) is 0 Å². The van der Waals surface area contributed by atoms with Gasteiger partial charge in [0.15, 0.2) is 0 Å². The van der Waals surface area contributed by atoms with Crippen molar-refractivity contribution in [2.75, 3.05) is 0 Å². The molecular weight excluding hydrogens is 182 g/mol. The molecule has 0 aromatic heterocycles. The first-order valence-electron chi connectivity index (χ1n) is 5.08. The Morgan fingerprint density at radius 2 is 1.87 bits per heavy atom. The Bertz CT molecular complexity index is 394. The molecule has 0 atom stereocenters. The summed E-state index contributed by atoms with van der Waals surface area (Å²) in [4.78, 5) is 4.47. The Hall–Kier alpha value is -1.63. The minimum atomic E-state index is 0.922. The largest absolute Gasteiger partial charge is 0.254 e. The second-order valence-corrected chi connectivity index (χ2v) is 3.50. The third-order valence-electron chi connectivity index (χ3n) is 2.26. The number of rotatable bonds is 3. The quantitative estimate of drug-likeness (QED) is 0.655. The maximum Gasteiger partial charge on any atom is 0.0699 e. The lowest BCUT2D eigenvalue weighted by Crippen LogP contribution is -1.96. The lowest BCUT2D eigenvalue weighted by molar-refractivity contribution is 1.28. The van der Waals surface area contributed by atoms with E-state index in [0.29, 0.717) is 0 Å². The third kappa shape index (κ3) is 3.21. The molecular formula is C14H17N. The highest BCUT2D eigenvalue weighted by molar-refractivity contribution is 6.08. The van der Waals surface area contributed by atoms with E-state index < -0.39 is 0 Å². The maximum atomic E-state index is 4.47. The van der Waals surface area contributed by atoms with Crippen LogP contribution in [0.2, 0.25) is 0 Å². The third-order valence-corrected chi connectivity index (χ3v) is 2.26. The summed E-state index contributed by atoms with van der Waals surface area (Å²) >= 11 is 0. The van der Waals surface area contributed by atoms with E-state index in [0.717, 1.165) is 17.0 Å². The van der Waals surface area contributed by atoms with Crippen LogP contribution in [-0.4, -0.2) is 5.71 Å². The number of benzene rings is 1. The second kappa shape index (κ2) is 5.30. The lowest BCUT2D eigenvalue weighted by atomic mass is 10.1. The summed E-state index contributed by atoms with van der Waals surface area (Å²) in [7, 11) is 0. The summed E-state index contributed by atoms with van der Waals surface area (Å²) in [6, 6.07) is 8.30. The topological polar surface area (TPSA) is 12.4 Å². The molecule has 0 radical (unpaired) electrons. The van der Waals surface area contributed by atoms with Gasteiger partial charge in [-0.1, -0.05) is 42.5 Å². The van der Waals surface area contributed by atoms with Gasteiger partial charge in [0.2, 0.25) is 0 Å². The zero-order chi connectivity index (χ0) is 11.3. The Kier molecular flexibility index (Phi) is 4.04. The zero-order valence-corrected chi connectivity index (χ0v) is 9.62. The van der Waals surface area contributed by atoms with Crippen LogP contribution in [0, 0.1) is 6.92 Å². The van der Waals surface area contributed by atoms with Gasteiger partial charge in [0, 0.05) is 11.3 Å². The predicted molar refractivity (Wildman–Crippen MR) is 67.3 cm³/mol. The Balaban J connectivity index is 3.08. The summed E-state index contributed by atoms with van der Waals surface area (Å²) < 4.78 is 0. The normalized spacial score (nSPS) is 12.7. The van der Waals surface area contributed by atoms with Crippen LogP contribution in [0.5, 0.6) is 0 Å². The molecule has 0 fully saturated rings. The smallest absolute Gasteiger partial charge is 0.0699 e. The van der Waals surface area contributed by atoms with E-state index in [1.807, 2.05) is 19.9 Å². The molecule has 78 valence electrons. The molecule has 1 heteroatoms. The fourth-order valence-electron chi connectivity index (χ4n) is 1.21. The molecule has 0 saturated heterocycles. The Morgan fingerprint density at radius 3 is 2.33 bits per heavy atom. The van der Waals surface area contributed by atoms with Crippen LogP contribution in [0.15, 0.2) is 53.7 Å². The molecule has 15 heavy (non-hydrogen) atoms. The van der Waals surface area contributed by atoms with Crippen molar-refractivity contribution in [3.63, 3.8) is 0 Å². The number of aliphatic imine (C=N–C) groups is 1. The fourth-order valence-corrected chi connectivity index (χ4v) is 1.21. The predicted octanol–water partition coefficient (Wildman–Crippen LogP) is 3.89. The fraction of sp³-hybridized carbons (Fsp3) is 0.214. The molecule has 0 saturated carbocycles. The molecule has 1 aromatic carbocycles. The van der Waals surface area contributed by atoms with E-state index in [4.69, 9.17) is 0 Å². The Labute approximate surface area is 91.9 Å². The van der Waals surface area contributed by atoms with E-state index in [1.54, 1.807) is 6.08 Å². The molecule has 0 aliphatic carbocycles. The summed E-state index contributed by atoms with van der Waals surface area (Å²) in [5.74, 6) is 0. The van der Waals surface area contributed by atoms with E-state index >= 15 is 0 Å². The van der Waals surface area contributed by atoms with Crippen molar-refractivity contribution in [3.8, 4) is 0 Å². The van der Waals surface area contributed by atoms with Crippen molar-refractivity contribution in [2.24, 2.45) is 4.99 Å². The van der Waals surface area contributed by atoms with Crippen LogP contribution in [0.25, 0.3) is 0 Å². The molecule has 1 aromatic rings. The molecule has 0 bridgehead atoms. The number of aryl methyl sites for hydroxylation is 1. The van der Waals surface area contributed by atoms with Gasteiger partial charge < -0.3 is 0 Å². The van der Waals surface area contributed by atoms with Gasteiger partial charge in [0.1, 0.15) is 0 Å². The minimum absolute atomic E-state index is 0.922. The molecule has 0 spiro atoms. The summed E-state index contributed by atoms with van der Waals surface area (Å²) in [5.41, 5.74) is 4.29. The van der Waals surface area contributed by atoms with E-state index in [-0.39, 0.29) is 0 Å². The maximum absolute atomic E-state index is 4.47. The van der Waals surface area contributed by atoms with Gasteiger partial charge in [-0.3, -0.25) is 4.99 Å². The highest BCUT2D eigenvalue weighted by Crippen LogP contribution is 2.08. The molecule has 0 unspecified atom stereocenters. The minimum Gasteiger partial charge on any atom is -0.254 e. The number of allylic oxidation sites excluding steroid dienone is 3. The van der Waals surface area contributed by atoms with Gasteiger partial charge in [0.05, 0.1) is 5.71 Å². The zero-order valence-electron chi connectivity index (χ0n) is 9.62. The highest BCUT2D eigenvalue weighted by Gasteiger charge is 1.98. The van der Waals surface area contributed by atoms with Crippen molar-refractivity contribution in [3.05, 3.63) is 59.8 Å². The van der Waals surface area contributed by atoms with Crippen molar-refractivity contribution in [1.82, 2.24) is 0 Å². The van der Waals surface area contributed by atoms with Crippen molar-refractivity contribution in [2.45, 2.75) is 20.8 Å². The van der Waals surface area contributed by atoms with Crippen molar-refractivity contribution in [1.29, 1.82) is 0 Å². The van der Waals surface area contributed by atoms with Gasteiger partial charge in [-0.2, -0.15) is 0 Å². The van der Waals surface area contributed by atoms with Gasteiger partial charge in [-0.15, -0.1) is 0 Å². The highest BCUT2D eigenvalue weighted by atomic mass is 14.7. The molecule has 0 aliphatic rings. The van der Waals surface area contributed by atoms with E-state index in [1.165, 1.54) is 5.56 Å². The van der Waals surface area contributed by atoms with E-state index in [9.17, 15) is 0 Å². The molecule has 0 amide bonds. The van der Waals surface area contributed by atoms with Crippen LogP contribution in [0.4, 0.5) is 0 Å². The number of hydrogen-bond acceptors (Lipinski definition) is 1. The van der Waals surface area contributed by atoms with E-state index in [2.05, 4.69) is 42.8 Å². The molecule has 1 nitrogen and oxygen atoms in total. The van der Waals surface area contributed by atoms with Gasteiger partial charge in [-0.25, -0.2) is 0 Å². The SMILES string of the molecule is C=CC(=N/C(C)=C\C)c1ccc(C)cc1. The van der Waals surface area contributed by atoms with Crippen LogP contribution < -0.4 is 0 Å². The lowest BCUT2D eigenvalue weighted by Gasteiger charge is -2.02. The summed E-state index contributed by atoms with van der Waals surface area (Å²) in [6.45, 7) is 9.83. The van der Waals surface area contributed by atoms with Gasteiger partial charge >= 0.3 is 0 Å². The average Bonchev–Trinajstić information content (AvgIpc) is 2.27. The van der Waals surface area contributed by atoms with Crippen molar-refractivity contribution < 1.29 is 0 Å². The first-order valence-corrected chi connectivity index (χ1v) is 5.08. The molecule has 0 aliphatic heterocycles. The summed E-state index contributed by atoms with van der Waals surface area (Å²) in [6.07, 6.45) is 3.77. The van der Waals surface area contributed by atoms with Gasteiger partial charge in [-0.05, 0) is 26.8 Å². The molecule has 0 heterocycles. The monoisotopic (exact) mass is 199 g/mol. The second-order valence-electron chi connectivity index (χ2n) is 3.50. The van der Waals surface area contributed by atoms with Crippen molar-refractivity contribution >= 4 is 5.71 Å². The standard InChI is InChI=1S/C14H17N/c1-5-12(4)15-14(6-2)13-9-7-11(3)8-10-13/h5-10H,2H2,1,3-4H3/b12-5-,15-14?. The van der Waals surface area contributed by atoms with Crippen LogP contribution >= 0.6 is 0 Å². The van der Waals surface area contributed by atoms with Gasteiger partial charge in [0.25, 0.3) is 0 Å². The first kappa shape index (κ1) is 11.4.